The first kappa shape index (κ1) is 29.0. The Labute approximate surface area is 240 Å². The van der Waals surface area contributed by atoms with Crippen LogP contribution in [0.3, 0.4) is 0 Å². The molecule has 3 saturated heterocycles. The summed E-state index contributed by atoms with van der Waals surface area (Å²) in [6.45, 7) is 8.29. The fourth-order valence-corrected chi connectivity index (χ4v) is 9.18. The lowest BCUT2D eigenvalue weighted by Crippen LogP contribution is -2.77. The minimum Gasteiger partial charge on any atom is -0.472 e. The fourth-order valence-electron chi connectivity index (χ4n) is 9.18. The van der Waals surface area contributed by atoms with Gasteiger partial charge in [0, 0.05) is 29.9 Å². The van der Waals surface area contributed by atoms with Crippen LogP contribution < -0.4 is 0 Å². The molecule has 42 heavy (non-hydrogen) atoms. The van der Waals surface area contributed by atoms with Crippen LogP contribution in [-0.2, 0) is 42.9 Å². The van der Waals surface area contributed by atoms with E-state index in [9.17, 15) is 34.5 Å². The van der Waals surface area contributed by atoms with Crippen LogP contribution in [0.1, 0.15) is 53.2 Å². The molecule has 2 aliphatic carbocycles. The lowest BCUT2D eigenvalue weighted by atomic mass is 9.43. The quantitative estimate of drug-likeness (QED) is 0.190. The molecule has 0 bridgehead atoms. The summed E-state index contributed by atoms with van der Waals surface area (Å²) < 4.78 is 33.9. The van der Waals surface area contributed by atoms with E-state index >= 15 is 0 Å². The van der Waals surface area contributed by atoms with Gasteiger partial charge in [-0.2, -0.15) is 0 Å². The van der Waals surface area contributed by atoms with Crippen molar-refractivity contribution in [3.05, 3.63) is 36.3 Å². The molecule has 4 heterocycles. The van der Waals surface area contributed by atoms with Crippen LogP contribution in [-0.4, -0.2) is 87.0 Å². The number of esters is 3. The van der Waals surface area contributed by atoms with E-state index in [1.807, 2.05) is 0 Å². The second-order valence-corrected chi connectivity index (χ2v) is 13.0. The molecule has 13 heteroatoms. The van der Waals surface area contributed by atoms with E-state index in [4.69, 9.17) is 28.1 Å². The van der Waals surface area contributed by atoms with E-state index in [-0.39, 0.29) is 0 Å². The minimum absolute atomic E-state index is 0.346. The van der Waals surface area contributed by atoms with Crippen molar-refractivity contribution in [1.82, 2.24) is 0 Å². The van der Waals surface area contributed by atoms with Crippen LogP contribution in [0.2, 0.25) is 0 Å². The molecule has 3 N–H and O–H groups in total. The highest BCUT2D eigenvalue weighted by atomic mass is 16.7. The monoisotopic (exact) mass is 590 g/mol. The van der Waals surface area contributed by atoms with Gasteiger partial charge >= 0.3 is 17.9 Å². The van der Waals surface area contributed by atoms with Crippen LogP contribution in [0.25, 0.3) is 0 Å². The second kappa shape index (κ2) is 8.08. The molecule has 6 rings (SSSR count). The first-order valence-corrected chi connectivity index (χ1v) is 13.6. The smallest absolute Gasteiger partial charge is 0.339 e. The van der Waals surface area contributed by atoms with E-state index in [1.54, 1.807) is 6.92 Å². The van der Waals surface area contributed by atoms with Crippen molar-refractivity contribution in [2.24, 2.45) is 22.2 Å². The number of hydrogen-bond acceptors (Lipinski definition) is 13. The zero-order valence-corrected chi connectivity index (χ0v) is 24.2. The van der Waals surface area contributed by atoms with Crippen molar-refractivity contribution in [3.8, 4) is 0 Å². The van der Waals surface area contributed by atoms with Gasteiger partial charge in [0.05, 0.1) is 30.5 Å². The third-order valence-electron chi connectivity index (χ3n) is 10.9. The van der Waals surface area contributed by atoms with Gasteiger partial charge in [0.1, 0.15) is 29.5 Å². The van der Waals surface area contributed by atoms with E-state index < -0.39 is 92.9 Å². The van der Waals surface area contributed by atoms with Crippen molar-refractivity contribution in [1.29, 1.82) is 0 Å². The normalized spacial score (nSPS) is 49.9. The van der Waals surface area contributed by atoms with E-state index in [1.165, 1.54) is 52.4 Å². The number of fused-ring (bicyclic) bond motifs is 3. The summed E-state index contributed by atoms with van der Waals surface area (Å²) in [5.41, 5.74) is -11.7. The Hall–Kier alpha value is -3.10. The van der Waals surface area contributed by atoms with Crippen molar-refractivity contribution >= 4 is 23.7 Å². The first-order valence-electron chi connectivity index (χ1n) is 13.6. The number of aliphatic hydroxyl groups is 3. The number of aliphatic hydroxyl groups excluding tert-OH is 1. The number of cyclic esters (lactones) is 1. The number of carbonyl (C=O) groups excluding carboxylic acids is 4. The third kappa shape index (κ3) is 2.73. The molecule has 13 nitrogen and oxygen atoms in total. The Kier molecular flexibility index (Phi) is 5.58. The Morgan fingerprint density at radius 1 is 1.07 bits per heavy atom. The first-order chi connectivity index (χ1) is 19.4. The summed E-state index contributed by atoms with van der Waals surface area (Å²) in [6, 6.07) is 1.53. The zero-order chi connectivity index (χ0) is 31.1. The van der Waals surface area contributed by atoms with Gasteiger partial charge in [-0.25, -0.2) is 9.59 Å². The van der Waals surface area contributed by atoms with Gasteiger partial charge in [-0.05, 0) is 19.9 Å². The average molecular weight is 591 g/mol. The molecule has 2 saturated carbocycles. The molecule has 5 aliphatic rings. The van der Waals surface area contributed by atoms with Gasteiger partial charge in [0.25, 0.3) is 0 Å². The summed E-state index contributed by atoms with van der Waals surface area (Å²) >= 11 is 0. The molecule has 5 fully saturated rings. The van der Waals surface area contributed by atoms with Crippen LogP contribution in [0, 0.1) is 22.2 Å². The number of Topliss-reactive ketones (excluding diaryl/α,β-unsaturated/α-hetero) is 1. The van der Waals surface area contributed by atoms with Crippen LogP contribution in [0.15, 0.2) is 35.2 Å². The van der Waals surface area contributed by atoms with Crippen molar-refractivity contribution in [2.75, 3.05) is 7.11 Å². The summed E-state index contributed by atoms with van der Waals surface area (Å²) in [5.74, 6) is -7.59. The molecule has 0 radical (unpaired) electrons. The highest BCUT2D eigenvalue weighted by molar-refractivity contribution is 6.00. The van der Waals surface area contributed by atoms with Gasteiger partial charge in [-0.3, -0.25) is 9.59 Å². The van der Waals surface area contributed by atoms with Crippen LogP contribution in [0.5, 0.6) is 0 Å². The summed E-state index contributed by atoms with van der Waals surface area (Å²) in [6.07, 6.45) is -0.996. The molecular formula is C29H34O13. The van der Waals surface area contributed by atoms with Crippen LogP contribution >= 0.6 is 0 Å². The van der Waals surface area contributed by atoms with Crippen LogP contribution in [0.4, 0.5) is 0 Å². The maximum Gasteiger partial charge on any atom is 0.339 e. The fraction of sp³-hybridized carbons (Fsp3) is 0.655. The topological polar surface area (TPSA) is 192 Å². The van der Waals surface area contributed by atoms with E-state index in [2.05, 4.69) is 0 Å². The number of ketones is 1. The summed E-state index contributed by atoms with van der Waals surface area (Å²) in [5, 5.41) is 37.7. The maximum absolute atomic E-state index is 14.1. The van der Waals surface area contributed by atoms with Gasteiger partial charge in [0.2, 0.25) is 11.6 Å². The van der Waals surface area contributed by atoms with E-state index in [0.29, 0.717) is 5.56 Å². The number of rotatable bonds is 4. The van der Waals surface area contributed by atoms with Gasteiger partial charge < -0.3 is 43.4 Å². The Bertz CT molecular complexity index is 1430. The molecule has 0 aromatic carbocycles. The van der Waals surface area contributed by atoms with Gasteiger partial charge in [-0.15, -0.1) is 0 Å². The minimum atomic E-state index is -2.81. The Morgan fingerprint density at radius 2 is 1.74 bits per heavy atom. The molecule has 1 aromatic heterocycles. The largest absolute Gasteiger partial charge is 0.472 e. The van der Waals surface area contributed by atoms with E-state index in [0.717, 1.165) is 20.1 Å². The third-order valence-corrected chi connectivity index (χ3v) is 10.9. The molecule has 1 aromatic rings. The van der Waals surface area contributed by atoms with Gasteiger partial charge in [0.15, 0.2) is 11.7 Å². The Balaban J connectivity index is 1.72. The standard InChI is InChI=1S/C29H34O13/c1-13(30)39-16-17-24(4,10-8-15(31)37-7)27(35)22(34)23(2,3)42-29(27,36)26(17,6)28-20(41-28)21(33)40-19(14-9-11-38-12-14)25(28,5)18(16)32/h8-12,16-20,32,35-36H,1-7H3/b10-8-/t16?,17?,18-,19+,20?,24-,25+,26-,27+,28-,29+/m1/s1. The average Bonchev–Trinajstić information content (AvgIpc) is 3.41. The second-order valence-electron chi connectivity index (χ2n) is 13.0. The van der Waals surface area contributed by atoms with Crippen molar-refractivity contribution in [3.63, 3.8) is 0 Å². The maximum atomic E-state index is 14.1. The molecule has 228 valence electrons. The lowest BCUT2D eigenvalue weighted by molar-refractivity contribution is -0.356. The summed E-state index contributed by atoms with van der Waals surface area (Å²) in [4.78, 5) is 52.5. The highest BCUT2D eigenvalue weighted by Gasteiger charge is 3.01. The molecule has 1 spiro atoms. The predicted molar refractivity (Wildman–Crippen MR) is 136 cm³/mol. The predicted octanol–water partition coefficient (Wildman–Crippen LogP) is 0.497. The number of carbonyl (C=O) groups is 4. The van der Waals surface area contributed by atoms with Crippen molar-refractivity contribution < 1.29 is 62.6 Å². The molecule has 11 atom stereocenters. The zero-order valence-electron chi connectivity index (χ0n) is 24.2. The number of epoxide rings is 1. The highest BCUT2D eigenvalue weighted by Crippen LogP contribution is 2.84. The lowest BCUT2D eigenvalue weighted by Gasteiger charge is -2.63. The Morgan fingerprint density at radius 3 is 2.31 bits per heavy atom. The molecule has 0 amide bonds. The number of hydrogen-bond donors (Lipinski definition) is 3. The summed E-state index contributed by atoms with van der Waals surface area (Å²) in [7, 11) is 1.13. The molecule has 3 unspecified atom stereocenters. The molecular weight excluding hydrogens is 556 g/mol. The number of ether oxygens (including phenoxy) is 5. The van der Waals surface area contributed by atoms with Gasteiger partial charge in [-0.1, -0.05) is 26.8 Å². The SMILES string of the molecule is COC(=O)/C=C\[C@]1(C)C2C(OC(C)=O)[C@@H](O)[C@@]3(C)[C@H](c4ccoc4)OC(=O)C4O[C@]43[C@]2(C)[C@]2(O)OC(C)(C)C(=O)[C@@]21O. The number of methoxy groups -OCH3 is 1. The van der Waals surface area contributed by atoms with Crippen molar-refractivity contribution in [2.45, 2.75) is 88.5 Å². The number of furan rings is 1. The molecule has 3 aliphatic heterocycles.